The largest absolute Gasteiger partial charge is 0.379 e. The van der Waals surface area contributed by atoms with Crippen molar-refractivity contribution in [2.45, 2.75) is 18.2 Å². The summed E-state index contributed by atoms with van der Waals surface area (Å²) in [6.45, 7) is 5.82. The van der Waals surface area contributed by atoms with Crippen LogP contribution in [0.3, 0.4) is 0 Å². The molecule has 1 N–H and O–H groups in total. The minimum absolute atomic E-state index is 0.114. The van der Waals surface area contributed by atoms with Gasteiger partial charge in [0, 0.05) is 37.6 Å². The molecule has 2 aromatic carbocycles. The van der Waals surface area contributed by atoms with Gasteiger partial charge in [-0.1, -0.05) is 19.1 Å². The predicted molar refractivity (Wildman–Crippen MR) is 123 cm³/mol. The van der Waals surface area contributed by atoms with E-state index < -0.39 is 10.0 Å². The Morgan fingerprint density at radius 3 is 2.19 bits per heavy atom. The highest BCUT2D eigenvalue weighted by Crippen LogP contribution is 2.28. The summed E-state index contributed by atoms with van der Waals surface area (Å²) in [7, 11) is -3.72. The van der Waals surface area contributed by atoms with Crippen LogP contribution in [0.25, 0.3) is 0 Å². The van der Waals surface area contributed by atoms with Gasteiger partial charge in [0.2, 0.25) is 10.0 Å². The average molecular weight is 460 g/mol. The highest BCUT2D eigenvalue weighted by atomic mass is 32.2. The number of anilines is 2. The number of carbonyl (C=O) groups excluding carboxylic acids is 1. The Bertz CT molecular complexity index is 1040. The summed E-state index contributed by atoms with van der Waals surface area (Å²) >= 11 is 0. The summed E-state index contributed by atoms with van der Waals surface area (Å²) in [5.74, 6) is -0.338. The first-order valence-electron chi connectivity index (χ1n) is 10.9. The molecule has 8 nitrogen and oxygen atoms in total. The monoisotopic (exact) mass is 459 g/mol. The molecule has 2 fully saturated rings. The fourth-order valence-corrected chi connectivity index (χ4v) is 5.33. The Labute approximate surface area is 189 Å². The Balaban J connectivity index is 1.67. The van der Waals surface area contributed by atoms with E-state index in [1.165, 1.54) is 15.9 Å². The Kier molecular flexibility index (Phi) is 7.10. The summed E-state index contributed by atoms with van der Waals surface area (Å²) in [4.78, 5) is 15.5. The summed E-state index contributed by atoms with van der Waals surface area (Å²) in [5.41, 5.74) is 2.88. The lowest BCUT2D eigenvalue weighted by atomic mass is 10.1. The van der Waals surface area contributed by atoms with Gasteiger partial charge in [-0.05, 0) is 42.3 Å². The number of carbonyl (C=O) groups is 1. The van der Waals surface area contributed by atoms with Gasteiger partial charge in [0.05, 0.1) is 36.9 Å². The van der Waals surface area contributed by atoms with Crippen LogP contribution in [0.15, 0.2) is 47.4 Å². The van der Waals surface area contributed by atoms with Gasteiger partial charge in [0.15, 0.2) is 0 Å². The van der Waals surface area contributed by atoms with Gasteiger partial charge in [0.1, 0.15) is 0 Å². The first-order chi connectivity index (χ1) is 15.5. The van der Waals surface area contributed by atoms with Crippen molar-refractivity contribution < 1.29 is 22.7 Å². The zero-order chi connectivity index (χ0) is 22.6. The molecule has 0 spiro atoms. The average Bonchev–Trinajstić information content (AvgIpc) is 2.85. The number of nitrogens with one attached hydrogen (secondary N) is 1. The maximum Gasteiger partial charge on any atom is 0.257 e. The molecule has 2 aromatic rings. The smallest absolute Gasteiger partial charge is 0.257 e. The van der Waals surface area contributed by atoms with Crippen LogP contribution in [0.5, 0.6) is 0 Å². The van der Waals surface area contributed by atoms with Crippen LogP contribution in [0.2, 0.25) is 0 Å². The van der Waals surface area contributed by atoms with Crippen molar-refractivity contribution in [1.29, 1.82) is 0 Å². The number of hydrogen-bond acceptors (Lipinski definition) is 6. The fraction of sp³-hybridized carbons (Fsp3) is 0.435. The van der Waals surface area contributed by atoms with E-state index in [4.69, 9.17) is 9.47 Å². The number of amides is 1. The molecule has 32 heavy (non-hydrogen) atoms. The molecular weight excluding hydrogens is 430 g/mol. The molecule has 0 unspecified atom stereocenters. The lowest BCUT2D eigenvalue weighted by Gasteiger charge is -2.31. The maximum atomic E-state index is 13.3. The van der Waals surface area contributed by atoms with Gasteiger partial charge in [-0.25, -0.2) is 8.42 Å². The summed E-state index contributed by atoms with van der Waals surface area (Å²) < 4.78 is 38.5. The van der Waals surface area contributed by atoms with Gasteiger partial charge >= 0.3 is 0 Å². The van der Waals surface area contributed by atoms with E-state index in [1.807, 2.05) is 24.3 Å². The number of hydrogen-bond donors (Lipinski definition) is 1. The molecule has 2 aliphatic heterocycles. The second-order valence-corrected chi connectivity index (χ2v) is 9.74. The van der Waals surface area contributed by atoms with E-state index in [0.29, 0.717) is 69.5 Å². The lowest BCUT2D eigenvalue weighted by molar-refractivity contribution is 0.0730. The van der Waals surface area contributed by atoms with Gasteiger partial charge in [0.25, 0.3) is 5.91 Å². The van der Waals surface area contributed by atoms with Crippen molar-refractivity contribution >= 4 is 27.3 Å². The first-order valence-corrected chi connectivity index (χ1v) is 12.4. The molecule has 172 valence electrons. The first kappa shape index (κ1) is 22.7. The maximum absolute atomic E-state index is 13.3. The zero-order valence-corrected chi connectivity index (χ0v) is 19.1. The summed E-state index contributed by atoms with van der Waals surface area (Å²) in [6, 6.07) is 12.5. The topological polar surface area (TPSA) is 88.2 Å². The molecule has 4 rings (SSSR count). The Morgan fingerprint density at radius 1 is 0.938 bits per heavy atom. The third kappa shape index (κ3) is 4.96. The third-order valence-electron chi connectivity index (χ3n) is 5.79. The highest BCUT2D eigenvalue weighted by Gasteiger charge is 2.29. The standard InChI is InChI=1S/C23H29N3O5S/c1-2-18-3-5-19(6-4-18)24-23(27)21-17-20(32(28,29)26-11-15-31-16-12-26)7-8-22(21)25-9-13-30-14-10-25/h3-8,17H,2,9-16H2,1H3,(H,24,27). The van der Waals surface area contributed by atoms with Crippen molar-refractivity contribution in [3.8, 4) is 0 Å². The van der Waals surface area contributed by atoms with Crippen molar-refractivity contribution in [3.63, 3.8) is 0 Å². The second kappa shape index (κ2) is 9.99. The van der Waals surface area contributed by atoms with E-state index in [2.05, 4.69) is 17.1 Å². The van der Waals surface area contributed by atoms with Crippen LogP contribution < -0.4 is 10.2 Å². The van der Waals surface area contributed by atoms with Crippen molar-refractivity contribution in [3.05, 3.63) is 53.6 Å². The number of ether oxygens (including phenoxy) is 2. The summed E-state index contributed by atoms with van der Waals surface area (Å²) in [6.07, 6.45) is 0.914. The molecular formula is C23H29N3O5S. The predicted octanol–water partition coefficient (Wildman–Crippen LogP) is 2.36. The SMILES string of the molecule is CCc1ccc(NC(=O)c2cc(S(=O)(=O)N3CCOCC3)ccc2N2CCOCC2)cc1. The quantitative estimate of drug-likeness (QED) is 0.714. The number of rotatable bonds is 6. The van der Waals surface area contributed by atoms with Crippen LogP contribution in [0.1, 0.15) is 22.8 Å². The van der Waals surface area contributed by atoms with Gasteiger partial charge in [-0.3, -0.25) is 4.79 Å². The molecule has 0 aliphatic carbocycles. The van der Waals surface area contributed by atoms with Crippen LogP contribution in [0, 0.1) is 0 Å². The van der Waals surface area contributed by atoms with Gasteiger partial charge in [-0.2, -0.15) is 4.31 Å². The molecule has 0 bridgehead atoms. The van der Waals surface area contributed by atoms with Crippen LogP contribution in [-0.2, 0) is 25.9 Å². The van der Waals surface area contributed by atoms with Crippen molar-refractivity contribution in [1.82, 2.24) is 4.31 Å². The molecule has 2 aliphatic rings. The van der Waals surface area contributed by atoms with E-state index in [-0.39, 0.29) is 10.8 Å². The third-order valence-corrected chi connectivity index (χ3v) is 7.69. The van der Waals surface area contributed by atoms with Crippen LogP contribution >= 0.6 is 0 Å². The molecule has 2 heterocycles. The molecule has 0 radical (unpaired) electrons. The van der Waals surface area contributed by atoms with Crippen molar-refractivity contribution in [2.75, 3.05) is 62.8 Å². The molecule has 2 saturated heterocycles. The van der Waals surface area contributed by atoms with E-state index in [0.717, 1.165) is 6.42 Å². The van der Waals surface area contributed by atoms with Gasteiger partial charge < -0.3 is 19.7 Å². The fourth-order valence-electron chi connectivity index (χ4n) is 3.90. The number of sulfonamides is 1. The van der Waals surface area contributed by atoms with E-state index >= 15 is 0 Å². The molecule has 0 atom stereocenters. The molecule has 0 saturated carbocycles. The lowest BCUT2D eigenvalue weighted by Crippen LogP contribution is -2.41. The Hall–Kier alpha value is -2.46. The van der Waals surface area contributed by atoms with Crippen molar-refractivity contribution in [2.24, 2.45) is 0 Å². The number of nitrogens with zero attached hydrogens (tertiary/aromatic N) is 2. The second-order valence-electron chi connectivity index (χ2n) is 7.80. The minimum Gasteiger partial charge on any atom is -0.379 e. The molecule has 9 heteroatoms. The number of aryl methyl sites for hydroxylation is 1. The number of morpholine rings is 2. The highest BCUT2D eigenvalue weighted by molar-refractivity contribution is 7.89. The molecule has 1 amide bonds. The number of benzene rings is 2. The zero-order valence-electron chi connectivity index (χ0n) is 18.2. The minimum atomic E-state index is -3.72. The van der Waals surface area contributed by atoms with Gasteiger partial charge in [-0.15, -0.1) is 0 Å². The van der Waals surface area contributed by atoms with Crippen LogP contribution in [0.4, 0.5) is 11.4 Å². The summed E-state index contributed by atoms with van der Waals surface area (Å²) in [5, 5.41) is 2.92. The van der Waals surface area contributed by atoms with E-state index in [1.54, 1.807) is 12.1 Å². The van der Waals surface area contributed by atoms with Crippen LogP contribution in [-0.4, -0.2) is 71.2 Å². The van der Waals surface area contributed by atoms with E-state index in [9.17, 15) is 13.2 Å². The normalized spacial score (nSPS) is 17.8. The molecule has 0 aromatic heterocycles. The Morgan fingerprint density at radius 2 is 1.56 bits per heavy atom.